The van der Waals surface area contributed by atoms with Crippen LogP contribution in [0, 0.1) is 0 Å². The molecule has 2 rings (SSSR count). The zero-order valence-corrected chi connectivity index (χ0v) is 12.7. The largest absolute Gasteiger partial charge is 0.257 e. The van der Waals surface area contributed by atoms with Crippen molar-refractivity contribution in [2.45, 2.75) is 4.90 Å². The lowest BCUT2D eigenvalue weighted by Crippen LogP contribution is -2.30. The zero-order valence-electron chi connectivity index (χ0n) is 10.3. The number of nitrogens with zero attached hydrogens (tertiary/aromatic N) is 1. The summed E-state index contributed by atoms with van der Waals surface area (Å²) >= 11 is 3.32. The molecule has 0 aliphatic carbocycles. The highest BCUT2D eigenvalue weighted by Crippen LogP contribution is 2.13. The Morgan fingerprint density at radius 3 is 2.35 bits per heavy atom. The number of hydrogen-bond acceptors (Lipinski definition) is 4. The van der Waals surface area contributed by atoms with Crippen LogP contribution < -0.4 is 10.7 Å². The van der Waals surface area contributed by atoms with E-state index in [-0.39, 0.29) is 4.90 Å². The SMILES string of the molecule is NNS(=O)(=O)c1ccc(/C=C/c2ccc(Br)cn2)cc1. The van der Waals surface area contributed by atoms with E-state index in [0.717, 1.165) is 15.7 Å². The molecule has 0 aliphatic heterocycles. The zero-order chi connectivity index (χ0) is 14.6. The summed E-state index contributed by atoms with van der Waals surface area (Å²) in [4.78, 5) is 6.11. The molecule has 5 nitrogen and oxygen atoms in total. The maximum Gasteiger partial charge on any atom is 0.253 e. The maximum atomic E-state index is 11.5. The molecule has 0 bridgehead atoms. The van der Waals surface area contributed by atoms with Crippen LogP contribution in [0.3, 0.4) is 0 Å². The van der Waals surface area contributed by atoms with Crippen LogP contribution in [0.15, 0.2) is 52.0 Å². The summed E-state index contributed by atoms with van der Waals surface area (Å²) in [5, 5.41) is 0. The number of halogens is 1. The molecule has 0 radical (unpaired) electrons. The van der Waals surface area contributed by atoms with E-state index in [1.165, 1.54) is 12.1 Å². The molecule has 1 heterocycles. The van der Waals surface area contributed by atoms with Crippen molar-refractivity contribution in [2.75, 3.05) is 0 Å². The lowest BCUT2D eigenvalue weighted by molar-refractivity contribution is 0.584. The van der Waals surface area contributed by atoms with Crippen LogP contribution in [0.4, 0.5) is 0 Å². The second-order valence-electron chi connectivity index (χ2n) is 3.92. The molecule has 7 heteroatoms. The van der Waals surface area contributed by atoms with Gasteiger partial charge in [0.15, 0.2) is 0 Å². The third-order valence-electron chi connectivity index (χ3n) is 2.54. The van der Waals surface area contributed by atoms with E-state index in [1.54, 1.807) is 23.2 Å². The second kappa shape index (κ2) is 6.27. The molecule has 0 unspecified atom stereocenters. The smallest absolute Gasteiger partial charge is 0.253 e. The van der Waals surface area contributed by atoms with Crippen LogP contribution in [0.2, 0.25) is 0 Å². The predicted octanol–water partition coefficient (Wildman–Crippen LogP) is 2.17. The van der Waals surface area contributed by atoms with Crippen LogP contribution in [-0.2, 0) is 10.0 Å². The Morgan fingerprint density at radius 1 is 1.10 bits per heavy atom. The summed E-state index contributed by atoms with van der Waals surface area (Å²) in [6, 6.07) is 10.1. The Bertz CT molecular complexity index is 710. The number of nitrogens with one attached hydrogen (secondary N) is 1. The average Bonchev–Trinajstić information content (AvgIpc) is 2.47. The van der Waals surface area contributed by atoms with Crippen LogP contribution in [0.1, 0.15) is 11.3 Å². The Hall–Kier alpha value is -1.54. The van der Waals surface area contributed by atoms with Gasteiger partial charge in [-0.1, -0.05) is 18.2 Å². The standard InChI is InChI=1S/C13H12BrN3O2S/c14-11-4-6-12(16-9-11)5-1-10-2-7-13(8-3-10)20(18,19)17-15/h1-9,17H,15H2/b5-1+. The fourth-order valence-electron chi connectivity index (χ4n) is 1.49. The highest BCUT2D eigenvalue weighted by atomic mass is 79.9. The Labute approximate surface area is 125 Å². The molecule has 20 heavy (non-hydrogen) atoms. The van der Waals surface area contributed by atoms with Crippen molar-refractivity contribution in [2.24, 2.45) is 5.84 Å². The van der Waals surface area contributed by atoms with Gasteiger partial charge in [-0.25, -0.2) is 8.42 Å². The minimum atomic E-state index is -3.60. The van der Waals surface area contributed by atoms with E-state index in [2.05, 4.69) is 20.9 Å². The molecule has 2 aromatic rings. The van der Waals surface area contributed by atoms with Gasteiger partial charge in [0.05, 0.1) is 10.6 Å². The minimum Gasteiger partial charge on any atom is -0.257 e. The first-order valence-electron chi connectivity index (χ1n) is 5.63. The third-order valence-corrected chi connectivity index (χ3v) is 4.21. The molecular formula is C13H12BrN3O2S. The first kappa shape index (κ1) is 14.9. The Kier molecular flexibility index (Phi) is 4.66. The van der Waals surface area contributed by atoms with E-state index in [0.29, 0.717) is 0 Å². The highest BCUT2D eigenvalue weighted by Gasteiger charge is 2.10. The van der Waals surface area contributed by atoms with E-state index in [9.17, 15) is 8.42 Å². The van der Waals surface area contributed by atoms with Gasteiger partial charge < -0.3 is 0 Å². The third kappa shape index (κ3) is 3.73. The van der Waals surface area contributed by atoms with Crippen molar-refractivity contribution in [1.82, 2.24) is 9.82 Å². The van der Waals surface area contributed by atoms with Crippen molar-refractivity contribution in [3.8, 4) is 0 Å². The van der Waals surface area contributed by atoms with Gasteiger partial charge in [0.2, 0.25) is 0 Å². The molecule has 1 aromatic heterocycles. The fraction of sp³-hybridized carbons (Fsp3) is 0. The molecule has 1 aromatic carbocycles. The van der Waals surface area contributed by atoms with Crippen LogP contribution in [-0.4, -0.2) is 13.4 Å². The molecule has 104 valence electrons. The van der Waals surface area contributed by atoms with Gasteiger partial charge in [-0.3, -0.25) is 10.8 Å². The molecular weight excluding hydrogens is 342 g/mol. The lowest BCUT2D eigenvalue weighted by atomic mass is 10.2. The topological polar surface area (TPSA) is 85.1 Å². The summed E-state index contributed by atoms with van der Waals surface area (Å²) in [5.41, 5.74) is 1.68. The number of aromatic nitrogens is 1. The first-order valence-corrected chi connectivity index (χ1v) is 7.91. The van der Waals surface area contributed by atoms with Crippen molar-refractivity contribution in [3.05, 3.63) is 58.3 Å². The van der Waals surface area contributed by atoms with E-state index >= 15 is 0 Å². The Morgan fingerprint density at radius 2 is 1.80 bits per heavy atom. The van der Waals surface area contributed by atoms with Gasteiger partial charge in [0, 0.05) is 10.7 Å². The molecule has 0 spiro atoms. The van der Waals surface area contributed by atoms with Crippen molar-refractivity contribution in [1.29, 1.82) is 0 Å². The predicted molar refractivity (Wildman–Crippen MR) is 81.8 cm³/mol. The average molecular weight is 354 g/mol. The van der Waals surface area contributed by atoms with Gasteiger partial charge in [-0.05, 0) is 51.8 Å². The van der Waals surface area contributed by atoms with E-state index in [1.807, 2.05) is 24.3 Å². The molecule has 0 saturated heterocycles. The van der Waals surface area contributed by atoms with Crippen molar-refractivity contribution in [3.63, 3.8) is 0 Å². The van der Waals surface area contributed by atoms with Crippen LogP contribution in [0.5, 0.6) is 0 Å². The van der Waals surface area contributed by atoms with Gasteiger partial charge in [0.1, 0.15) is 0 Å². The summed E-state index contributed by atoms with van der Waals surface area (Å²) in [6.45, 7) is 0. The maximum absolute atomic E-state index is 11.5. The van der Waals surface area contributed by atoms with Crippen LogP contribution >= 0.6 is 15.9 Å². The number of sulfonamides is 1. The molecule has 0 aliphatic rings. The van der Waals surface area contributed by atoms with Gasteiger partial charge in [-0.2, -0.15) is 4.83 Å². The van der Waals surface area contributed by atoms with Gasteiger partial charge in [-0.15, -0.1) is 0 Å². The fourth-order valence-corrected chi connectivity index (χ4v) is 2.36. The summed E-state index contributed by atoms with van der Waals surface area (Å²) in [6.07, 6.45) is 5.40. The molecule has 0 amide bonds. The highest BCUT2D eigenvalue weighted by molar-refractivity contribution is 9.10. The number of benzene rings is 1. The van der Waals surface area contributed by atoms with Crippen molar-refractivity contribution < 1.29 is 8.42 Å². The normalized spacial score (nSPS) is 11.9. The second-order valence-corrected chi connectivity index (χ2v) is 6.55. The number of hydrazine groups is 1. The summed E-state index contributed by atoms with van der Waals surface area (Å²) < 4.78 is 23.8. The molecule has 0 fully saturated rings. The summed E-state index contributed by atoms with van der Waals surface area (Å²) in [7, 11) is -3.60. The van der Waals surface area contributed by atoms with Crippen molar-refractivity contribution >= 4 is 38.1 Å². The van der Waals surface area contributed by atoms with E-state index in [4.69, 9.17) is 5.84 Å². The quantitative estimate of drug-likeness (QED) is 0.651. The molecule has 0 saturated carbocycles. The first-order chi connectivity index (χ1) is 9.51. The van der Waals surface area contributed by atoms with Crippen LogP contribution in [0.25, 0.3) is 12.2 Å². The molecule has 3 N–H and O–H groups in total. The number of hydrogen-bond donors (Lipinski definition) is 2. The summed E-state index contributed by atoms with van der Waals surface area (Å²) in [5.74, 6) is 4.96. The van der Waals surface area contributed by atoms with Gasteiger partial charge in [0.25, 0.3) is 10.0 Å². The number of rotatable bonds is 4. The molecule has 0 atom stereocenters. The Balaban J connectivity index is 2.17. The number of nitrogens with two attached hydrogens (primary N) is 1. The minimum absolute atomic E-state index is 0.124. The van der Waals surface area contributed by atoms with Gasteiger partial charge >= 0.3 is 0 Å². The van der Waals surface area contributed by atoms with E-state index < -0.39 is 10.0 Å². The lowest BCUT2D eigenvalue weighted by Gasteiger charge is -2.02. The number of pyridine rings is 1. The monoisotopic (exact) mass is 353 g/mol.